The van der Waals surface area contributed by atoms with E-state index in [1.807, 2.05) is 12.3 Å². The number of H-pyrrole nitrogens is 1. The van der Waals surface area contributed by atoms with Crippen LogP contribution in [0.15, 0.2) is 23.7 Å². The van der Waals surface area contributed by atoms with E-state index in [1.165, 1.54) is 19.3 Å². The Morgan fingerprint density at radius 3 is 2.60 bits per heavy atom. The molecule has 2 aliphatic rings. The molecule has 1 aromatic carbocycles. The van der Waals surface area contributed by atoms with Crippen LogP contribution in [0.4, 0.5) is 0 Å². The highest BCUT2D eigenvalue weighted by atomic mass is 32.2. The van der Waals surface area contributed by atoms with E-state index in [2.05, 4.69) is 21.3 Å². The normalized spacial score (nSPS) is 18.9. The SMILES string of the molecule is CCS(=O)(=O)N1CCC(c2c[nH]c3c(C(N)=O)cc(-c4csc(CN5CCCCC5)n4)cc23)CC1. The van der Waals surface area contributed by atoms with Gasteiger partial charge in [0.1, 0.15) is 5.01 Å². The van der Waals surface area contributed by atoms with Gasteiger partial charge in [-0.05, 0) is 69.3 Å². The summed E-state index contributed by atoms with van der Waals surface area (Å²) in [5.74, 6) is -0.130. The highest BCUT2D eigenvalue weighted by Crippen LogP contribution is 2.37. The molecule has 2 aromatic heterocycles. The van der Waals surface area contributed by atoms with Crippen molar-refractivity contribution in [2.24, 2.45) is 5.73 Å². The molecule has 0 radical (unpaired) electrons. The number of likely N-dealkylation sites (tertiary alicyclic amines) is 1. The molecule has 4 heterocycles. The molecule has 0 bridgehead atoms. The quantitative estimate of drug-likeness (QED) is 0.496. The number of rotatable bonds is 7. The van der Waals surface area contributed by atoms with Gasteiger partial charge < -0.3 is 10.7 Å². The molecule has 0 atom stereocenters. The van der Waals surface area contributed by atoms with Crippen molar-refractivity contribution in [2.45, 2.75) is 51.5 Å². The Kier molecular flexibility index (Phi) is 6.98. The Morgan fingerprint density at radius 2 is 1.91 bits per heavy atom. The van der Waals surface area contributed by atoms with Gasteiger partial charge in [-0.2, -0.15) is 0 Å². The van der Waals surface area contributed by atoms with Gasteiger partial charge in [0.15, 0.2) is 0 Å². The van der Waals surface area contributed by atoms with Crippen LogP contribution in [-0.4, -0.2) is 65.4 Å². The molecule has 8 nitrogen and oxygen atoms in total. The summed E-state index contributed by atoms with van der Waals surface area (Å²) < 4.78 is 26.1. The van der Waals surface area contributed by atoms with Gasteiger partial charge in [0.2, 0.25) is 10.0 Å². The Balaban J connectivity index is 1.44. The fraction of sp³-hybridized carbons (Fsp3) is 0.520. The highest BCUT2D eigenvalue weighted by molar-refractivity contribution is 7.89. The maximum absolute atomic E-state index is 12.3. The average Bonchev–Trinajstić information content (AvgIpc) is 3.51. The van der Waals surface area contributed by atoms with Crippen LogP contribution < -0.4 is 5.73 Å². The molecular weight excluding hydrogens is 482 g/mol. The number of benzene rings is 1. The van der Waals surface area contributed by atoms with Crippen molar-refractivity contribution in [3.8, 4) is 11.3 Å². The zero-order valence-electron chi connectivity index (χ0n) is 20.1. The van der Waals surface area contributed by atoms with Crippen LogP contribution in [0.2, 0.25) is 0 Å². The number of nitrogens with zero attached hydrogens (tertiary/aromatic N) is 3. The molecule has 1 amide bonds. The first-order valence-corrected chi connectivity index (χ1v) is 14.9. The molecule has 3 aromatic rings. The monoisotopic (exact) mass is 515 g/mol. The van der Waals surface area contributed by atoms with E-state index in [-0.39, 0.29) is 11.7 Å². The van der Waals surface area contributed by atoms with E-state index in [0.29, 0.717) is 18.7 Å². The van der Waals surface area contributed by atoms with Crippen molar-refractivity contribution >= 4 is 38.2 Å². The van der Waals surface area contributed by atoms with Crippen LogP contribution in [0, 0.1) is 0 Å². The fourth-order valence-corrected chi connectivity index (χ4v) is 7.36. The summed E-state index contributed by atoms with van der Waals surface area (Å²) in [6, 6.07) is 3.93. The fourth-order valence-electron chi connectivity index (χ4n) is 5.39. The van der Waals surface area contributed by atoms with E-state index in [9.17, 15) is 13.2 Å². The summed E-state index contributed by atoms with van der Waals surface area (Å²) in [6.45, 7) is 5.83. The van der Waals surface area contributed by atoms with Crippen LogP contribution in [0.1, 0.15) is 65.9 Å². The van der Waals surface area contributed by atoms with E-state index in [1.54, 1.807) is 22.6 Å². The molecule has 0 aliphatic carbocycles. The third-order valence-electron chi connectivity index (χ3n) is 7.39. The van der Waals surface area contributed by atoms with Crippen LogP contribution >= 0.6 is 11.3 Å². The van der Waals surface area contributed by atoms with E-state index < -0.39 is 15.9 Å². The second kappa shape index (κ2) is 10.0. The minimum Gasteiger partial charge on any atom is -0.366 e. The lowest BCUT2D eigenvalue weighted by Crippen LogP contribution is -2.38. The van der Waals surface area contributed by atoms with Crippen molar-refractivity contribution < 1.29 is 13.2 Å². The summed E-state index contributed by atoms with van der Waals surface area (Å²) in [5.41, 5.74) is 9.83. The number of nitrogens with one attached hydrogen (secondary N) is 1. The lowest BCUT2D eigenvalue weighted by atomic mass is 9.89. The summed E-state index contributed by atoms with van der Waals surface area (Å²) in [5, 5.41) is 4.12. The number of aromatic nitrogens is 2. The minimum atomic E-state index is -3.17. The van der Waals surface area contributed by atoms with Crippen LogP contribution in [0.3, 0.4) is 0 Å². The smallest absolute Gasteiger partial charge is 0.250 e. The number of piperidine rings is 2. The molecule has 3 N–H and O–H groups in total. The third kappa shape index (κ3) is 5.02. The summed E-state index contributed by atoms with van der Waals surface area (Å²) in [4.78, 5) is 23.0. The Morgan fingerprint density at radius 1 is 1.17 bits per heavy atom. The second-order valence-corrected chi connectivity index (χ2v) is 12.8. The summed E-state index contributed by atoms with van der Waals surface area (Å²) in [7, 11) is -3.17. The van der Waals surface area contributed by atoms with Crippen molar-refractivity contribution in [3.63, 3.8) is 0 Å². The predicted octanol–water partition coefficient (Wildman–Crippen LogP) is 3.91. The largest absolute Gasteiger partial charge is 0.366 e. The molecule has 2 aliphatic heterocycles. The maximum Gasteiger partial charge on any atom is 0.250 e. The number of sulfonamides is 1. The number of fused-ring (bicyclic) bond motifs is 1. The van der Waals surface area contributed by atoms with Gasteiger partial charge in [-0.3, -0.25) is 9.69 Å². The number of primary amides is 1. The van der Waals surface area contributed by atoms with Gasteiger partial charge in [-0.15, -0.1) is 11.3 Å². The first kappa shape index (κ1) is 24.4. The van der Waals surface area contributed by atoms with Crippen LogP contribution in [0.25, 0.3) is 22.2 Å². The average molecular weight is 516 g/mol. The van der Waals surface area contributed by atoms with Crippen LogP contribution in [-0.2, 0) is 16.6 Å². The molecule has 0 saturated carbocycles. The van der Waals surface area contributed by atoms with Gasteiger partial charge >= 0.3 is 0 Å². The summed E-state index contributed by atoms with van der Waals surface area (Å²) >= 11 is 1.66. The van der Waals surface area contributed by atoms with Crippen molar-refractivity contribution in [2.75, 3.05) is 31.9 Å². The topological polar surface area (TPSA) is 112 Å². The lowest BCUT2D eigenvalue weighted by Gasteiger charge is -2.31. The molecule has 5 rings (SSSR count). The number of nitrogens with two attached hydrogens (primary N) is 1. The molecule has 35 heavy (non-hydrogen) atoms. The molecule has 188 valence electrons. The maximum atomic E-state index is 12.3. The Bertz CT molecular complexity index is 1320. The number of carbonyl (C=O) groups is 1. The van der Waals surface area contributed by atoms with Gasteiger partial charge in [-0.1, -0.05) is 6.42 Å². The molecule has 2 saturated heterocycles. The van der Waals surface area contributed by atoms with E-state index >= 15 is 0 Å². The zero-order valence-corrected chi connectivity index (χ0v) is 21.8. The van der Waals surface area contributed by atoms with Crippen molar-refractivity contribution in [1.82, 2.24) is 19.2 Å². The number of amides is 1. The van der Waals surface area contributed by atoms with Gasteiger partial charge in [-0.25, -0.2) is 17.7 Å². The zero-order chi connectivity index (χ0) is 24.6. The number of thiazole rings is 1. The summed E-state index contributed by atoms with van der Waals surface area (Å²) in [6.07, 6.45) is 7.26. The highest BCUT2D eigenvalue weighted by Gasteiger charge is 2.29. The number of hydrogen-bond donors (Lipinski definition) is 2. The van der Waals surface area contributed by atoms with Gasteiger partial charge in [0.05, 0.1) is 29.1 Å². The van der Waals surface area contributed by atoms with Crippen molar-refractivity contribution in [3.05, 3.63) is 39.8 Å². The molecule has 10 heteroatoms. The lowest BCUT2D eigenvalue weighted by molar-refractivity contribution is 0.100. The van der Waals surface area contributed by atoms with Crippen molar-refractivity contribution in [1.29, 1.82) is 0 Å². The number of aromatic amines is 1. The predicted molar refractivity (Wildman–Crippen MR) is 140 cm³/mol. The standard InChI is InChI=1S/C25H33N5O3S2/c1-2-35(32,33)30-10-6-17(7-11-30)21-14-27-24-19(21)12-18(13-20(24)25(26)31)22-16-34-23(28-22)15-29-8-4-3-5-9-29/h12-14,16-17,27H,2-11,15H2,1H3,(H2,26,31). The first-order valence-electron chi connectivity index (χ1n) is 12.5. The van der Waals surface area contributed by atoms with Gasteiger partial charge in [0.25, 0.3) is 5.91 Å². The van der Waals surface area contributed by atoms with E-state index in [4.69, 9.17) is 10.7 Å². The number of carbonyl (C=O) groups excluding carboxylic acids is 1. The van der Waals surface area contributed by atoms with Crippen LogP contribution in [0.5, 0.6) is 0 Å². The Labute approximate surface area is 210 Å². The molecule has 0 unspecified atom stereocenters. The van der Waals surface area contributed by atoms with Gasteiger partial charge in [0, 0.05) is 35.6 Å². The second-order valence-electron chi connectivity index (χ2n) is 9.59. The molecule has 2 fully saturated rings. The minimum absolute atomic E-state index is 0.128. The first-order chi connectivity index (χ1) is 16.9. The van der Waals surface area contributed by atoms with E-state index in [0.717, 1.165) is 65.2 Å². The molecule has 0 spiro atoms. The Hall–Kier alpha value is -2.27. The third-order valence-corrected chi connectivity index (χ3v) is 10.1. The molecular formula is C25H33N5O3S2. The number of hydrogen-bond acceptors (Lipinski definition) is 6.